The molecule has 0 saturated carbocycles. The van der Waals surface area contributed by atoms with Gasteiger partial charge in [0.25, 0.3) is 0 Å². The van der Waals surface area contributed by atoms with Gasteiger partial charge < -0.3 is 14.2 Å². The molecule has 0 heterocycles. The van der Waals surface area contributed by atoms with Gasteiger partial charge in [0, 0.05) is 6.92 Å². The Morgan fingerprint density at radius 1 is 1.23 bits per heavy atom. The van der Waals surface area contributed by atoms with Crippen LogP contribution in [0.15, 0.2) is 0 Å². The summed E-state index contributed by atoms with van der Waals surface area (Å²) < 4.78 is 15.2. The van der Waals surface area contributed by atoms with Gasteiger partial charge in [-0.25, -0.2) is 0 Å². The molecule has 0 radical (unpaired) electrons. The van der Waals surface area contributed by atoms with Crippen LogP contribution in [-0.4, -0.2) is 31.6 Å². The first-order valence-electron chi connectivity index (χ1n) is 4.42. The fourth-order valence-corrected chi connectivity index (χ4v) is 0.822. The third-order valence-corrected chi connectivity index (χ3v) is 1.21. The molecule has 0 amide bonds. The predicted octanol–water partition coefficient (Wildman–Crippen LogP) is 1.34. The summed E-state index contributed by atoms with van der Waals surface area (Å²) in [5.74, 6) is -0.291. The summed E-state index contributed by atoms with van der Waals surface area (Å²) in [7, 11) is 0. The maximum atomic E-state index is 10.4. The van der Waals surface area contributed by atoms with Crippen molar-refractivity contribution in [2.75, 3.05) is 13.2 Å². The molecule has 13 heavy (non-hydrogen) atoms. The average Bonchev–Trinajstić information content (AvgIpc) is 1.96. The van der Waals surface area contributed by atoms with E-state index in [9.17, 15) is 4.79 Å². The van der Waals surface area contributed by atoms with Gasteiger partial charge in [-0.05, 0) is 20.8 Å². The second-order valence-electron chi connectivity index (χ2n) is 2.96. The van der Waals surface area contributed by atoms with Crippen LogP contribution in [0.25, 0.3) is 0 Å². The van der Waals surface area contributed by atoms with Gasteiger partial charge in [-0.15, -0.1) is 0 Å². The van der Waals surface area contributed by atoms with E-state index in [1.54, 1.807) is 0 Å². The molecule has 1 atom stereocenters. The SMILES string of the molecule is CC(=O)OCCOC(C)OC(C)C. The van der Waals surface area contributed by atoms with E-state index in [1.165, 1.54) is 6.92 Å². The normalized spacial score (nSPS) is 13.0. The molecular formula is C9H18O4. The highest BCUT2D eigenvalue weighted by Gasteiger charge is 2.04. The van der Waals surface area contributed by atoms with Crippen molar-refractivity contribution >= 4 is 5.97 Å². The van der Waals surface area contributed by atoms with Gasteiger partial charge in [-0.1, -0.05) is 0 Å². The molecule has 0 N–H and O–H groups in total. The Labute approximate surface area is 79.2 Å². The highest BCUT2D eigenvalue weighted by Crippen LogP contribution is 1.98. The molecule has 0 aliphatic heterocycles. The fraction of sp³-hybridized carbons (Fsp3) is 0.889. The van der Waals surface area contributed by atoms with Crippen LogP contribution < -0.4 is 0 Å². The number of hydrogen-bond acceptors (Lipinski definition) is 4. The van der Waals surface area contributed by atoms with Crippen LogP contribution in [0.4, 0.5) is 0 Å². The van der Waals surface area contributed by atoms with Gasteiger partial charge >= 0.3 is 5.97 Å². The number of esters is 1. The van der Waals surface area contributed by atoms with E-state index in [-0.39, 0.29) is 25.0 Å². The number of rotatable bonds is 6. The smallest absolute Gasteiger partial charge is 0.302 e. The summed E-state index contributed by atoms with van der Waals surface area (Å²) in [5.41, 5.74) is 0. The van der Waals surface area contributed by atoms with Gasteiger partial charge in [-0.3, -0.25) is 4.79 Å². The second kappa shape index (κ2) is 6.86. The highest BCUT2D eigenvalue weighted by atomic mass is 16.7. The largest absolute Gasteiger partial charge is 0.463 e. The summed E-state index contributed by atoms with van der Waals surface area (Å²) in [4.78, 5) is 10.4. The Morgan fingerprint density at radius 2 is 1.85 bits per heavy atom. The molecule has 0 fully saturated rings. The lowest BCUT2D eigenvalue weighted by molar-refractivity contribution is -0.165. The van der Waals surface area contributed by atoms with E-state index >= 15 is 0 Å². The number of carbonyl (C=O) groups excluding carboxylic acids is 1. The molecule has 0 rings (SSSR count). The first-order valence-corrected chi connectivity index (χ1v) is 4.42. The Kier molecular flexibility index (Phi) is 6.54. The summed E-state index contributed by atoms with van der Waals surface area (Å²) >= 11 is 0. The topological polar surface area (TPSA) is 44.8 Å². The van der Waals surface area contributed by atoms with Gasteiger partial charge in [0.15, 0.2) is 6.29 Å². The minimum Gasteiger partial charge on any atom is -0.463 e. The molecule has 4 nitrogen and oxygen atoms in total. The van der Waals surface area contributed by atoms with Crippen molar-refractivity contribution in [1.82, 2.24) is 0 Å². The Hall–Kier alpha value is -0.610. The van der Waals surface area contributed by atoms with Gasteiger partial charge in [0.1, 0.15) is 6.61 Å². The minimum absolute atomic E-state index is 0.142. The fourth-order valence-electron chi connectivity index (χ4n) is 0.822. The zero-order valence-electron chi connectivity index (χ0n) is 8.70. The van der Waals surface area contributed by atoms with Crippen molar-refractivity contribution in [3.05, 3.63) is 0 Å². The molecule has 0 aromatic carbocycles. The quantitative estimate of drug-likeness (QED) is 0.360. The van der Waals surface area contributed by atoms with Crippen LogP contribution in [0.1, 0.15) is 27.7 Å². The van der Waals surface area contributed by atoms with Crippen molar-refractivity contribution in [3.63, 3.8) is 0 Å². The van der Waals surface area contributed by atoms with Crippen molar-refractivity contribution in [1.29, 1.82) is 0 Å². The standard InChI is InChI=1S/C9H18O4/c1-7(2)13-9(4)12-6-5-11-8(3)10/h7,9H,5-6H2,1-4H3. The van der Waals surface area contributed by atoms with E-state index in [0.29, 0.717) is 6.61 Å². The molecule has 0 aliphatic carbocycles. The van der Waals surface area contributed by atoms with Crippen LogP contribution in [0, 0.1) is 0 Å². The van der Waals surface area contributed by atoms with E-state index in [1.807, 2.05) is 20.8 Å². The van der Waals surface area contributed by atoms with E-state index in [2.05, 4.69) is 4.74 Å². The molecule has 0 aliphatic rings. The zero-order valence-corrected chi connectivity index (χ0v) is 8.70. The monoisotopic (exact) mass is 190 g/mol. The van der Waals surface area contributed by atoms with Crippen LogP contribution in [0.5, 0.6) is 0 Å². The van der Waals surface area contributed by atoms with Crippen LogP contribution >= 0.6 is 0 Å². The molecule has 4 heteroatoms. The van der Waals surface area contributed by atoms with Crippen molar-refractivity contribution < 1.29 is 19.0 Å². The highest BCUT2D eigenvalue weighted by molar-refractivity contribution is 5.65. The van der Waals surface area contributed by atoms with Crippen molar-refractivity contribution in [3.8, 4) is 0 Å². The maximum Gasteiger partial charge on any atom is 0.302 e. The predicted molar refractivity (Wildman–Crippen MR) is 48.3 cm³/mol. The number of hydrogen-bond donors (Lipinski definition) is 0. The molecule has 0 saturated heterocycles. The van der Waals surface area contributed by atoms with Crippen LogP contribution in [0.2, 0.25) is 0 Å². The second-order valence-corrected chi connectivity index (χ2v) is 2.96. The third kappa shape index (κ3) is 9.30. The molecule has 0 aromatic heterocycles. The van der Waals surface area contributed by atoms with Gasteiger partial charge in [-0.2, -0.15) is 0 Å². The van der Waals surface area contributed by atoms with Gasteiger partial charge in [0.05, 0.1) is 12.7 Å². The lowest BCUT2D eigenvalue weighted by atomic mass is 10.5. The van der Waals surface area contributed by atoms with Crippen LogP contribution in [0.3, 0.4) is 0 Å². The molecule has 78 valence electrons. The van der Waals surface area contributed by atoms with Crippen molar-refractivity contribution in [2.24, 2.45) is 0 Å². The third-order valence-electron chi connectivity index (χ3n) is 1.21. The Morgan fingerprint density at radius 3 is 2.31 bits per heavy atom. The van der Waals surface area contributed by atoms with E-state index in [0.717, 1.165) is 0 Å². The lowest BCUT2D eigenvalue weighted by Gasteiger charge is -2.16. The first kappa shape index (κ1) is 12.4. The number of carbonyl (C=O) groups is 1. The minimum atomic E-state index is -0.291. The molecule has 0 aromatic rings. The summed E-state index contributed by atoms with van der Waals surface area (Å²) in [6, 6.07) is 0. The lowest BCUT2D eigenvalue weighted by Crippen LogP contribution is -2.20. The van der Waals surface area contributed by atoms with Crippen molar-refractivity contribution in [2.45, 2.75) is 40.1 Å². The van der Waals surface area contributed by atoms with E-state index in [4.69, 9.17) is 9.47 Å². The Bertz CT molecular complexity index is 145. The van der Waals surface area contributed by atoms with E-state index < -0.39 is 0 Å². The zero-order chi connectivity index (χ0) is 10.3. The summed E-state index contributed by atoms with van der Waals surface area (Å²) in [5, 5.41) is 0. The molecule has 1 unspecified atom stereocenters. The summed E-state index contributed by atoms with van der Waals surface area (Å²) in [6.45, 7) is 7.70. The Balaban J connectivity index is 3.26. The number of ether oxygens (including phenoxy) is 3. The van der Waals surface area contributed by atoms with Gasteiger partial charge in [0.2, 0.25) is 0 Å². The van der Waals surface area contributed by atoms with Crippen LogP contribution in [-0.2, 0) is 19.0 Å². The molecular weight excluding hydrogens is 172 g/mol. The first-order chi connectivity index (χ1) is 6.02. The summed E-state index contributed by atoms with van der Waals surface area (Å²) in [6.07, 6.45) is -0.112. The molecule has 0 bridgehead atoms. The average molecular weight is 190 g/mol. The maximum absolute atomic E-state index is 10.4. The molecule has 0 spiro atoms.